The zero-order chi connectivity index (χ0) is 17.9. The molecule has 0 unspecified atom stereocenters. The molecule has 4 aliphatic rings. The summed E-state index contributed by atoms with van der Waals surface area (Å²) >= 11 is 6.52. The Morgan fingerprint density at radius 1 is 1.04 bits per heavy atom. The fourth-order valence-electron chi connectivity index (χ4n) is 7.15. The molecule has 2 heteroatoms. The molecule has 0 bridgehead atoms. The molecular weight excluding hydrogens is 338 g/mol. The Balaban J connectivity index is 1.48. The quantitative estimate of drug-likeness (QED) is 0.400. The van der Waals surface area contributed by atoms with Crippen LogP contribution in [0.15, 0.2) is 42.3 Å². The van der Waals surface area contributed by atoms with Gasteiger partial charge in [-0.2, -0.15) is 0 Å². The van der Waals surface area contributed by atoms with Gasteiger partial charge in [-0.25, -0.2) is 0 Å². The minimum Gasteiger partial charge on any atom is -0.264 e. The van der Waals surface area contributed by atoms with E-state index in [4.69, 9.17) is 11.6 Å². The standard InChI is InChI=1S/C24H30ClN/c1-23-11-9-18(25)14-17(23)5-6-19-21-8-7-20(16-4-3-13-26-15-16)24(21,2)12-10-22(19)23/h3-5,7,13,15,18-19,21-22H,6,8-12,14H2,1-2H3/t18-,19-,21-,22-,23-,24+/m0/s1. The van der Waals surface area contributed by atoms with E-state index in [2.05, 4.69) is 49.3 Å². The van der Waals surface area contributed by atoms with Gasteiger partial charge in [-0.1, -0.05) is 37.6 Å². The molecule has 0 aliphatic heterocycles. The predicted octanol–water partition coefficient (Wildman–Crippen LogP) is 6.65. The van der Waals surface area contributed by atoms with Gasteiger partial charge in [0.25, 0.3) is 0 Å². The van der Waals surface area contributed by atoms with Gasteiger partial charge >= 0.3 is 0 Å². The van der Waals surface area contributed by atoms with Gasteiger partial charge in [0.05, 0.1) is 0 Å². The van der Waals surface area contributed by atoms with Crippen LogP contribution in [0.25, 0.3) is 5.57 Å². The van der Waals surface area contributed by atoms with Crippen LogP contribution in [0.3, 0.4) is 0 Å². The number of pyridine rings is 1. The first-order chi connectivity index (χ1) is 12.5. The number of allylic oxidation sites excluding steroid dienone is 4. The lowest BCUT2D eigenvalue weighted by atomic mass is 9.47. The molecule has 2 fully saturated rings. The summed E-state index contributed by atoms with van der Waals surface area (Å²) in [6, 6.07) is 4.33. The van der Waals surface area contributed by atoms with Gasteiger partial charge in [0.2, 0.25) is 0 Å². The maximum absolute atomic E-state index is 6.52. The maximum atomic E-state index is 6.52. The van der Waals surface area contributed by atoms with Crippen molar-refractivity contribution in [1.29, 1.82) is 0 Å². The normalized spacial score (nSPS) is 44.4. The molecule has 1 nitrogen and oxygen atoms in total. The van der Waals surface area contributed by atoms with Crippen molar-refractivity contribution in [3.05, 3.63) is 47.8 Å². The summed E-state index contributed by atoms with van der Waals surface area (Å²) in [6.07, 6.45) is 17.9. The predicted molar refractivity (Wildman–Crippen MR) is 109 cm³/mol. The lowest BCUT2D eigenvalue weighted by Crippen LogP contribution is -2.49. The van der Waals surface area contributed by atoms with Crippen LogP contribution in [0.2, 0.25) is 0 Å². The minimum atomic E-state index is 0.329. The van der Waals surface area contributed by atoms with E-state index in [1.54, 1.807) is 11.1 Å². The number of hydrogen-bond acceptors (Lipinski definition) is 1. The summed E-state index contributed by atoms with van der Waals surface area (Å²) in [4.78, 5) is 4.39. The second-order valence-electron chi connectivity index (χ2n) is 9.65. The molecule has 0 saturated heterocycles. The molecule has 0 amide bonds. The van der Waals surface area contributed by atoms with E-state index in [-0.39, 0.29) is 0 Å². The highest BCUT2D eigenvalue weighted by Gasteiger charge is 2.56. The first-order valence-corrected chi connectivity index (χ1v) is 10.9. The molecule has 0 aromatic carbocycles. The van der Waals surface area contributed by atoms with Crippen molar-refractivity contribution in [1.82, 2.24) is 4.98 Å². The van der Waals surface area contributed by atoms with Crippen molar-refractivity contribution in [3.63, 3.8) is 0 Å². The fraction of sp³-hybridized carbons (Fsp3) is 0.625. The third kappa shape index (κ3) is 2.32. The lowest BCUT2D eigenvalue weighted by molar-refractivity contribution is -0.00948. The molecule has 0 N–H and O–H groups in total. The minimum absolute atomic E-state index is 0.329. The number of halogens is 1. The van der Waals surface area contributed by atoms with Crippen molar-refractivity contribution >= 4 is 17.2 Å². The maximum Gasteiger partial charge on any atom is 0.0373 e. The number of nitrogens with zero attached hydrogens (tertiary/aromatic N) is 1. The Morgan fingerprint density at radius 2 is 1.88 bits per heavy atom. The topological polar surface area (TPSA) is 12.9 Å². The summed E-state index contributed by atoms with van der Waals surface area (Å²) in [6.45, 7) is 5.10. The first-order valence-electron chi connectivity index (χ1n) is 10.5. The molecule has 1 aromatic heterocycles. The van der Waals surface area contributed by atoms with Crippen LogP contribution >= 0.6 is 11.6 Å². The van der Waals surface area contributed by atoms with Crippen molar-refractivity contribution in [2.45, 2.75) is 64.2 Å². The van der Waals surface area contributed by atoms with E-state index in [0.29, 0.717) is 16.2 Å². The Bertz CT molecular complexity index is 766. The highest BCUT2D eigenvalue weighted by Crippen LogP contribution is 2.66. The van der Waals surface area contributed by atoms with Gasteiger partial charge in [0.1, 0.15) is 0 Å². The molecule has 2 saturated carbocycles. The van der Waals surface area contributed by atoms with Crippen LogP contribution in [0.4, 0.5) is 0 Å². The number of rotatable bonds is 1. The van der Waals surface area contributed by atoms with Crippen molar-refractivity contribution in [2.24, 2.45) is 28.6 Å². The molecule has 138 valence electrons. The van der Waals surface area contributed by atoms with E-state index < -0.39 is 0 Å². The summed E-state index contributed by atoms with van der Waals surface area (Å²) < 4.78 is 0. The largest absolute Gasteiger partial charge is 0.264 e. The second-order valence-corrected chi connectivity index (χ2v) is 10.3. The van der Waals surface area contributed by atoms with Gasteiger partial charge in [-0.15, -0.1) is 11.6 Å². The Hall–Kier alpha value is -1.08. The smallest absolute Gasteiger partial charge is 0.0373 e. The zero-order valence-corrected chi connectivity index (χ0v) is 16.8. The molecule has 26 heavy (non-hydrogen) atoms. The van der Waals surface area contributed by atoms with E-state index in [9.17, 15) is 0 Å². The molecule has 1 aromatic rings. The van der Waals surface area contributed by atoms with Crippen LogP contribution in [0.1, 0.15) is 64.4 Å². The molecule has 5 rings (SSSR count). The van der Waals surface area contributed by atoms with Crippen LogP contribution in [-0.2, 0) is 0 Å². The SMILES string of the molecule is C[C@]12CC[C@H](Cl)CC1=CC[C@@H]1[C@@H]2CC[C@]2(C)C(c3cccnc3)=CC[C@@H]12. The van der Waals surface area contributed by atoms with Crippen LogP contribution in [0.5, 0.6) is 0 Å². The summed E-state index contributed by atoms with van der Waals surface area (Å²) in [5.41, 5.74) is 5.34. The molecule has 0 spiro atoms. The summed E-state index contributed by atoms with van der Waals surface area (Å²) in [5.74, 6) is 2.48. The fourth-order valence-corrected chi connectivity index (χ4v) is 7.43. The van der Waals surface area contributed by atoms with Crippen LogP contribution < -0.4 is 0 Å². The first kappa shape index (κ1) is 17.0. The van der Waals surface area contributed by atoms with E-state index >= 15 is 0 Å². The number of alkyl halides is 1. The van der Waals surface area contributed by atoms with E-state index in [0.717, 1.165) is 24.2 Å². The number of hydrogen-bond donors (Lipinski definition) is 0. The van der Waals surface area contributed by atoms with E-state index in [1.165, 1.54) is 44.1 Å². The lowest BCUT2D eigenvalue weighted by Gasteiger charge is -2.57. The Kier molecular flexibility index (Phi) is 3.91. The summed E-state index contributed by atoms with van der Waals surface area (Å²) in [7, 11) is 0. The highest BCUT2D eigenvalue weighted by atomic mass is 35.5. The third-order valence-electron chi connectivity index (χ3n) is 8.60. The van der Waals surface area contributed by atoms with Gasteiger partial charge in [-0.05, 0) is 90.7 Å². The van der Waals surface area contributed by atoms with Crippen LogP contribution in [0, 0.1) is 28.6 Å². The molecular formula is C24H30ClN. The van der Waals surface area contributed by atoms with Crippen LogP contribution in [-0.4, -0.2) is 10.4 Å². The van der Waals surface area contributed by atoms with Crippen molar-refractivity contribution in [2.75, 3.05) is 0 Å². The Morgan fingerprint density at radius 3 is 2.69 bits per heavy atom. The average molecular weight is 368 g/mol. The molecule has 6 atom stereocenters. The second kappa shape index (κ2) is 5.96. The van der Waals surface area contributed by atoms with Gasteiger partial charge in [0, 0.05) is 17.8 Å². The Labute approximate surface area is 162 Å². The van der Waals surface area contributed by atoms with Gasteiger partial charge in [0.15, 0.2) is 0 Å². The molecule has 0 radical (unpaired) electrons. The summed E-state index contributed by atoms with van der Waals surface area (Å²) in [5, 5.41) is 0.366. The zero-order valence-electron chi connectivity index (χ0n) is 16.0. The highest BCUT2D eigenvalue weighted by molar-refractivity contribution is 6.20. The van der Waals surface area contributed by atoms with Gasteiger partial charge in [-0.3, -0.25) is 4.98 Å². The number of fused-ring (bicyclic) bond motifs is 5. The van der Waals surface area contributed by atoms with Gasteiger partial charge < -0.3 is 0 Å². The van der Waals surface area contributed by atoms with Crippen molar-refractivity contribution in [3.8, 4) is 0 Å². The monoisotopic (exact) mass is 367 g/mol. The van der Waals surface area contributed by atoms with E-state index in [1.807, 2.05) is 6.20 Å². The van der Waals surface area contributed by atoms with Crippen molar-refractivity contribution < 1.29 is 0 Å². The molecule has 1 heterocycles. The molecule has 4 aliphatic carbocycles. The third-order valence-corrected chi connectivity index (χ3v) is 8.97. The average Bonchev–Trinajstić information content (AvgIpc) is 3.00. The number of aromatic nitrogens is 1.